The fraction of sp³-hybridized carbons (Fsp3) is 0.125. The molecule has 43 heavy (non-hydrogen) atoms. The maximum Gasteiger partial charge on any atom is 2.00 e. The quantitative estimate of drug-likeness (QED) is 0.154. The number of hydrogen-bond acceptors (Lipinski definition) is 8. The van der Waals surface area contributed by atoms with Gasteiger partial charge in [-0.3, -0.25) is 0 Å². The van der Waals surface area contributed by atoms with Crippen molar-refractivity contribution in [1.29, 1.82) is 0 Å². The monoisotopic (exact) mass is 687 g/mol. The Morgan fingerprint density at radius 2 is 0.977 bits per heavy atom. The van der Waals surface area contributed by atoms with Gasteiger partial charge in [0.1, 0.15) is 21.5 Å². The molecule has 0 fully saturated rings. The fourth-order valence-electron chi connectivity index (χ4n) is 3.91. The second-order valence-corrected chi connectivity index (χ2v) is 11.7. The Kier molecular flexibility index (Phi) is 12.0. The Hall–Kier alpha value is -3.45. The first-order chi connectivity index (χ1) is 20.5. The molecule has 2 heterocycles. The van der Waals surface area contributed by atoms with Crippen LogP contribution >= 0.6 is 47.1 Å². The number of benzene rings is 4. The summed E-state index contributed by atoms with van der Waals surface area (Å²) in [5, 5.41) is 8.09. The van der Waals surface area contributed by atoms with Gasteiger partial charge in [0.15, 0.2) is 10.0 Å². The molecule has 2 aromatic heterocycles. The number of fused-ring (bicyclic) bond motifs is 2. The summed E-state index contributed by atoms with van der Waals surface area (Å²) in [5.74, 6) is 1.71. The Labute approximate surface area is 279 Å². The zero-order valence-corrected chi connectivity index (χ0v) is 27.6. The molecule has 6 nitrogen and oxygen atoms in total. The van der Waals surface area contributed by atoms with Crippen molar-refractivity contribution in [2.45, 2.75) is 13.8 Å². The summed E-state index contributed by atoms with van der Waals surface area (Å²) < 4.78 is 13.1. The van der Waals surface area contributed by atoms with Crippen LogP contribution in [0.3, 0.4) is 0 Å². The molecule has 0 aliphatic rings. The van der Waals surface area contributed by atoms with Gasteiger partial charge < -0.3 is 20.1 Å². The molecule has 0 aliphatic heterocycles. The molecule has 0 saturated carbocycles. The first kappa shape index (κ1) is 32.5. The van der Waals surface area contributed by atoms with Crippen LogP contribution in [0.25, 0.3) is 20.4 Å². The van der Waals surface area contributed by atoms with Crippen LogP contribution in [-0.4, -0.2) is 33.2 Å². The van der Waals surface area contributed by atoms with E-state index in [9.17, 15) is 0 Å². The minimum absolute atomic E-state index is 0. The van der Waals surface area contributed by atoms with Gasteiger partial charge in [0.25, 0.3) is 0 Å². The summed E-state index contributed by atoms with van der Waals surface area (Å²) in [5.41, 5.74) is 3.83. The molecule has 0 aliphatic carbocycles. The van der Waals surface area contributed by atoms with Gasteiger partial charge >= 0.3 is 16.8 Å². The van der Waals surface area contributed by atoms with E-state index in [0.29, 0.717) is 23.2 Å². The van der Waals surface area contributed by atoms with Crippen molar-refractivity contribution < 1.29 is 26.3 Å². The van der Waals surface area contributed by atoms with Crippen LogP contribution in [0.15, 0.2) is 97.1 Å². The summed E-state index contributed by atoms with van der Waals surface area (Å²) in [6, 6.07) is 31.6. The number of thiocarbonyl (C=S) groups is 2. The summed E-state index contributed by atoms with van der Waals surface area (Å²) >= 11 is 14.1. The van der Waals surface area contributed by atoms with Gasteiger partial charge in [-0.05, 0) is 86.6 Å². The number of aromatic nitrogens is 2. The summed E-state index contributed by atoms with van der Waals surface area (Å²) in [7, 11) is 0. The van der Waals surface area contributed by atoms with E-state index >= 15 is 0 Å². The molecular weight excluding hydrogens is 660 g/mol. The molecule has 0 unspecified atom stereocenters. The van der Waals surface area contributed by atoms with Gasteiger partial charge in [-0.2, -0.15) is 0 Å². The van der Waals surface area contributed by atoms with Crippen LogP contribution in [0.4, 0.5) is 11.4 Å². The van der Waals surface area contributed by atoms with Crippen LogP contribution < -0.4 is 20.1 Å². The van der Waals surface area contributed by atoms with Crippen LogP contribution in [0.1, 0.15) is 23.9 Å². The van der Waals surface area contributed by atoms with Crippen LogP contribution in [0.5, 0.6) is 11.5 Å². The Morgan fingerprint density at radius 1 is 0.605 bits per heavy atom. The van der Waals surface area contributed by atoms with Crippen molar-refractivity contribution in [3.05, 3.63) is 107 Å². The maximum absolute atomic E-state index is 5.43. The Morgan fingerprint density at radius 3 is 1.33 bits per heavy atom. The van der Waals surface area contributed by atoms with E-state index in [2.05, 4.69) is 32.7 Å². The predicted octanol–water partition coefficient (Wildman–Crippen LogP) is 8.96. The molecule has 6 aromatic rings. The van der Waals surface area contributed by atoms with Crippen molar-refractivity contribution in [3.8, 4) is 11.5 Å². The third-order valence-electron chi connectivity index (χ3n) is 5.82. The smallest absolute Gasteiger partial charge is 0.494 e. The molecule has 219 valence electrons. The second-order valence-electron chi connectivity index (χ2n) is 8.80. The number of rotatable bonds is 8. The van der Waals surface area contributed by atoms with Gasteiger partial charge in [-0.25, -0.2) is 9.97 Å². The molecule has 2 N–H and O–H groups in total. The van der Waals surface area contributed by atoms with E-state index in [1.54, 1.807) is 22.7 Å². The van der Waals surface area contributed by atoms with Gasteiger partial charge in [-0.15, -0.1) is 22.7 Å². The van der Waals surface area contributed by atoms with Crippen LogP contribution in [0, 0.1) is 0 Å². The van der Waals surface area contributed by atoms with Gasteiger partial charge in [0.2, 0.25) is 0 Å². The number of nitrogens with one attached hydrogen (secondary N) is 2. The molecule has 0 bridgehead atoms. The van der Waals surface area contributed by atoms with Crippen molar-refractivity contribution in [1.82, 2.24) is 9.97 Å². The third-order valence-corrected chi connectivity index (χ3v) is 8.78. The molecule has 0 atom stereocenters. The van der Waals surface area contributed by atoms with Crippen molar-refractivity contribution in [3.63, 3.8) is 0 Å². The van der Waals surface area contributed by atoms with E-state index < -0.39 is 0 Å². The Balaban J connectivity index is 0.000000192. The SMILES string of the molecule is CCOc1ccc(NC(=S)c2nc3ccccc3s2)cc1.CCOc1ccc(NC(=S)c2nc3ccccc3s2)cc1.[Co+2]. The van der Waals surface area contributed by atoms with Gasteiger partial charge in [-0.1, -0.05) is 48.7 Å². The average molecular weight is 688 g/mol. The number of nitrogens with zero attached hydrogens (tertiary/aromatic N) is 2. The van der Waals surface area contributed by atoms with Crippen molar-refractivity contribution in [2.24, 2.45) is 0 Å². The average Bonchev–Trinajstić information content (AvgIpc) is 3.65. The topological polar surface area (TPSA) is 68.3 Å². The van der Waals surface area contributed by atoms with Gasteiger partial charge in [0.05, 0.1) is 33.6 Å². The number of hydrogen-bond donors (Lipinski definition) is 2. The molecule has 11 heteroatoms. The van der Waals surface area contributed by atoms with E-state index in [0.717, 1.165) is 53.3 Å². The summed E-state index contributed by atoms with van der Waals surface area (Å²) in [4.78, 5) is 10.4. The standard InChI is InChI=1S/2C16H14N2OS2.Co/c2*1-2-19-12-9-7-11(8-10-12)17-15(20)16-18-13-5-3-4-6-14(13)21-16;/h2*3-10H,2H2,1H3,(H,17,20);/q;;+2. The molecule has 4 aromatic carbocycles. The van der Waals surface area contributed by atoms with E-state index in [1.165, 1.54) is 0 Å². The Bertz CT molecular complexity index is 1600. The van der Waals surface area contributed by atoms with E-state index in [-0.39, 0.29) is 16.8 Å². The van der Waals surface area contributed by atoms with E-state index in [1.807, 2.05) is 98.8 Å². The van der Waals surface area contributed by atoms with Crippen molar-refractivity contribution >= 4 is 88.9 Å². The largest absolute Gasteiger partial charge is 2.00 e. The van der Waals surface area contributed by atoms with Crippen LogP contribution in [-0.2, 0) is 16.8 Å². The summed E-state index contributed by atoms with van der Waals surface area (Å²) in [6.07, 6.45) is 0. The molecule has 6 rings (SSSR count). The number of ether oxygens (including phenoxy) is 2. The van der Waals surface area contributed by atoms with Crippen molar-refractivity contribution in [2.75, 3.05) is 23.8 Å². The molecule has 0 spiro atoms. The van der Waals surface area contributed by atoms with Gasteiger partial charge in [0, 0.05) is 11.4 Å². The molecule has 1 radical (unpaired) electrons. The minimum Gasteiger partial charge on any atom is -0.494 e. The number of para-hydroxylation sites is 2. The fourth-order valence-corrected chi connectivity index (χ4v) is 6.21. The van der Waals surface area contributed by atoms with Crippen LogP contribution in [0.2, 0.25) is 0 Å². The maximum atomic E-state index is 5.43. The predicted molar refractivity (Wildman–Crippen MR) is 185 cm³/mol. The van der Waals surface area contributed by atoms with E-state index in [4.69, 9.17) is 33.9 Å². The molecule has 0 amide bonds. The third kappa shape index (κ3) is 8.79. The zero-order chi connectivity index (χ0) is 29.3. The first-order valence-corrected chi connectivity index (χ1v) is 15.8. The molecular formula is C32H28CoN4O2S4+2. The number of anilines is 2. The second kappa shape index (κ2) is 15.9. The first-order valence-electron chi connectivity index (χ1n) is 13.3. The normalized spacial score (nSPS) is 10.3. The number of thiazole rings is 2. The minimum atomic E-state index is 0. The zero-order valence-electron chi connectivity index (χ0n) is 23.3. The molecule has 0 saturated heterocycles. The summed E-state index contributed by atoms with van der Waals surface area (Å²) in [6.45, 7) is 5.26.